The summed E-state index contributed by atoms with van der Waals surface area (Å²) in [5.74, 6) is 0. The molecular formula is C9H17NO. The molecule has 2 nitrogen and oxygen atoms in total. The molecular weight excluding hydrogens is 138 g/mol. The van der Waals surface area contributed by atoms with Gasteiger partial charge < -0.3 is 4.74 Å². The van der Waals surface area contributed by atoms with E-state index in [9.17, 15) is 0 Å². The zero-order valence-corrected chi connectivity index (χ0v) is 7.31. The van der Waals surface area contributed by atoms with Crippen LogP contribution in [0.2, 0.25) is 0 Å². The van der Waals surface area contributed by atoms with E-state index in [0.717, 1.165) is 26.3 Å². The van der Waals surface area contributed by atoms with Crippen LogP contribution in [0.4, 0.5) is 0 Å². The Morgan fingerprint density at radius 1 is 1.18 bits per heavy atom. The van der Waals surface area contributed by atoms with Crippen LogP contribution in [-0.2, 0) is 4.74 Å². The van der Waals surface area contributed by atoms with E-state index in [2.05, 4.69) is 11.8 Å². The highest BCUT2D eigenvalue weighted by molar-refractivity contribution is 4.94. The lowest BCUT2D eigenvalue weighted by atomic mass is 9.77. The maximum Gasteiger partial charge on any atom is 0.0594 e. The van der Waals surface area contributed by atoms with Crippen molar-refractivity contribution in [2.24, 2.45) is 0 Å². The van der Waals surface area contributed by atoms with E-state index < -0.39 is 0 Å². The van der Waals surface area contributed by atoms with Crippen molar-refractivity contribution in [1.82, 2.24) is 4.90 Å². The van der Waals surface area contributed by atoms with Gasteiger partial charge in [0.25, 0.3) is 0 Å². The van der Waals surface area contributed by atoms with Gasteiger partial charge in [-0.15, -0.1) is 0 Å². The summed E-state index contributed by atoms with van der Waals surface area (Å²) in [5.41, 5.74) is 0.545. The Morgan fingerprint density at radius 2 is 1.82 bits per heavy atom. The first-order valence-corrected chi connectivity index (χ1v) is 4.64. The van der Waals surface area contributed by atoms with Crippen molar-refractivity contribution in [3.63, 3.8) is 0 Å². The van der Waals surface area contributed by atoms with Gasteiger partial charge in [-0.1, -0.05) is 0 Å². The minimum atomic E-state index is 0.545. The first-order valence-electron chi connectivity index (χ1n) is 4.64. The maximum absolute atomic E-state index is 5.32. The molecule has 1 aliphatic carbocycles. The fourth-order valence-electron chi connectivity index (χ4n) is 2.11. The smallest absolute Gasteiger partial charge is 0.0594 e. The molecule has 1 saturated heterocycles. The third kappa shape index (κ3) is 1.30. The normalized spacial score (nSPS) is 31.4. The van der Waals surface area contributed by atoms with E-state index in [-0.39, 0.29) is 0 Å². The molecule has 0 aromatic carbocycles. The highest BCUT2D eigenvalue weighted by Crippen LogP contribution is 2.37. The van der Waals surface area contributed by atoms with Gasteiger partial charge in [0.15, 0.2) is 0 Å². The second kappa shape index (κ2) is 2.76. The van der Waals surface area contributed by atoms with Crippen molar-refractivity contribution in [2.75, 3.05) is 26.3 Å². The Hall–Kier alpha value is -0.0800. The molecule has 64 valence electrons. The number of hydrogen-bond donors (Lipinski definition) is 0. The molecule has 1 aliphatic heterocycles. The predicted octanol–water partition coefficient (Wildman–Crippen LogP) is 1.26. The quantitative estimate of drug-likeness (QED) is 0.565. The largest absolute Gasteiger partial charge is 0.379 e. The van der Waals surface area contributed by atoms with Gasteiger partial charge in [0, 0.05) is 18.6 Å². The molecule has 2 heteroatoms. The zero-order chi connectivity index (χ0) is 7.73. The topological polar surface area (TPSA) is 12.5 Å². The number of ether oxygens (including phenoxy) is 1. The molecule has 2 aliphatic rings. The molecule has 11 heavy (non-hydrogen) atoms. The number of nitrogens with zero attached hydrogens (tertiary/aromatic N) is 1. The highest BCUT2D eigenvalue weighted by Gasteiger charge is 2.37. The average Bonchev–Trinajstić information content (AvgIpc) is 2.02. The lowest BCUT2D eigenvalue weighted by Crippen LogP contribution is -2.55. The molecule has 0 radical (unpaired) electrons. The van der Waals surface area contributed by atoms with Crippen LogP contribution in [0.1, 0.15) is 26.2 Å². The molecule has 0 atom stereocenters. The average molecular weight is 155 g/mol. The Bertz CT molecular complexity index is 136. The van der Waals surface area contributed by atoms with Crippen LogP contribution in [0, 0.1) is 0 Å². The predicted molar refractivity (Wildman–Crippen MR) is 44.6 cm³/mol. The molecule has 2 rings (SSSR count). The van der Waals surface area contributed by atoms with Gasteiger partial charge in [-0.05, 0) is 26.2 Å². The van der Waals surface area contributed by atoms with E-state index in [0.29, 0.717) is 5.54 Å². The molecule has 0 aromatic heterocycles. The van der Waals surface area contributed by atoms with Crippen LogP contribution in [-0.4, -0.2) is 36.7 Å². The minimum absolute atomic E-state index is 0.545. The van der Waals surface area contributed by atoms with E-state index in [4.69, 9.17) is 4.74 Å². The lowest BCUT2D eigenvalue weighted by molar-refractivity contribution is -0.0466. The van der Waals surface area contributed by atoms with Crippen molar-refractivity contribution in [3.8, 4) is 0 Å². The van der Waals surface area contributed by atoms with Crippen molar-refractivity contribution in [1.29, 1.82) is 0 Å². The molecule has 1 heterocycles. The summed E-state index contributed by atoms with van der Waals surface area (Å²) in [6.45, 7) is 6.57. The van der Waals surface area contributed by atoms with Gasteiger partial charge in [-0.3, -0.25) is 4.90 Å². The molecule has 0 bridgehead atoms. The SMILES string of the molecule is CC1(N2CCOCC2)CCC1. The van der Waals surface area contributed by atoms with E-state index in [1.165, 1.54) is 19.3 Å². The van der Waals surface area contributed by atoms with Crippen molar-refractivity contribution >= 4 is 0 Å². The molecule has 0 N–H and O–H groups in total. The van der Waals surface area contributed by atoms with Crippen LogP contribution in [0.3, 0.4) is 0 Å². The summed E-state index contributed by atoms with van der Waals surface area (Å²) in [4.78, 5) is 2.60. The van der Waals surface area contributed by atoms with Crippen molar-refractivity contribution in [2.45, 2.75) is 31.7 Å². The van der Waals surface area contributed by atoms with Gasteiger partial charge in [0.2, 0.25) is 0 Å². The lowest BCUT2D eigenvalue weighted by Gasteiger charge is -2.49. The van der Waals surface area contributed by atoms with Crippen LogP contribution in [0.25, 0.3) is 0 Å². The summed E-state index contributed by atoms with van der Waals surface area (Å²) >= 11 is 0. The van der Waals surface area contributed by atoms with Gasteiger partial charge in [0.05, 0.1) is 13.2 Å². The van der Waals surface area contributed by atoms with Gasteiger partial charge in [-0.25, -0.2) is 0 Å². The monoisotopic (exact) mass is 155 g/mol. The van der Waals surface area contributed by atoms with Crippen LogP contribution < -0.4 is 0 Å². The number of rotatable bonds is 1. The molecule has 0 unspecified atom stereocenters. The maximum atomic E-state index is 5.32. The van der Waals surface area contributed by atoms with Crippen LogP contribution in [0.15, 0.2) is 0 Å². The Balaban J connectivity index is 1.91. The highest BCUT2D eigenvalue weighted by atomic mass is 16.5. The second-order valence-electron chi connectivity index (χ2n) is 3.95. The first-order chi connectivity index (χ1) is 5.31. The fourth-order valence-corrected chi connectivity index (χ4v) is 2.11. The summed E-state index contributed by atoms with van der Waals surface area (Å²) in [7, 11) is 0. The van der Waals surface area contributed by atoms with Crippen LogP contribution >= 0.6 is 0 Å². The van der Waals surface area contributed by atoms with E-state index in [1.807, 2.05) is 0 Å². The van der Waals surface area contributed by atoms with Crippen LogP contribution in [0.5, 0.6) is 0 Å². The molecule has 0 spiro atoms. The Labute approximate surface area is 68.5 Å². The second-order valence-corrected chi connectivity index (χ2v) is 3.95. The molecule has 2 fully saturated rings. The summed E-state index contributed by atoms with van der Waals surface area (Å²) in [6.07, 6.45) is 4.22. The van der Waals surface area contributed by atoms with Gasteiger partial charge >= 0.3 is 0 Å². The number of morpholine rings is 1. The van der Waals surface area contributed by atoms with Crippen molar-refractivity contribution in [3.05, 3.63) is 0 Å². The van der Waals surface area contributed by atoms with Crippen molar-refractivity contribution < 1.29 is 4.74 Å². The Morgan fingerprint density at radius 3 is 2.27 bits per heavy atom. The molecule has 0 amide bonds. The zero-order valence-electron chi connectivity index (χ0n) is 7.31. The summed E-state index contributed by atoms with van der Waals surface area (Å²) in [5, 5.41) is 0. The Kier molecular flexibility index (Phi) is 1.90. The first kappa shape index (κ1) is 7.56. The third-order valence-electron chi connectivity index (χ3n) is 3.21. The van der Waals surface area contributed by atoms with Gasteiger partial charge in [-0.2, -0.15) is 0 Å². The summed E-state index contributed by atoms with van der Waals surface area (Å²) < 4.78 is 5.32. The fraction of sp³-hybridized carbons (Fsp3) is 1.00. The standard InChI is InChI=1S/C9H17NO/c1-9(3-2-4-9)10-5-7-11-8-6-10/h2-8H2,1H3. The minimum Gasteiger partial charge on any atom is -0.379 e. The number of hydrogen-bond acceptors (Lipinski definition) is 2. The van der Waals surface area contributed by atoms with Gasteiger partial charge in [0.1, 0.15) is 0 Å². The molecule has 0 aromatic rings. The molecule has 1 saturated carbocycles. The summed E-state index contributed by atoms with van der Waals surface area (Å²) in [6, 6.07) is 0. The third-order valence-corrected chi connectivity index (χ3v) is 3.21. The van der Waals surface area contributed by atoms with E-state index >= 15 is 0 Å². The van der Waals surface area contributed by atoms with E-state index in [1.54, 1.807) is 0 Å².